The van der Waals surface area contributed by atoms with Crippen LogP contribution in [-0.2, 0) is 17.2 Å². The maximum atomic E-state index is 5.96. The van der Waals surface area contributed by atoms with Crippen molar-refractivity contribution in [2.45, 2.75) is 69.8 Å². The van der Waals surface area contributed by atoms with Crippen molar-refractivity contribution in [1.82, 2.24) is 4.57 Å². The molecule has 2 atom stereocenters. The van der Waals surface area contributed by atoms with Crippen LogP contribution in [-0.4, -0.2) is 16.8 Å². The van der Waals surface area contributed by atoms with Crippen LogP contribution in [0.25, 0.3) is 39.0 Å². The van der Waals surface area contributed by atoms with Crippen LogP contribution in [0.5, 0.6) is 0 Å². The fourth-order valence-corrected chi connectivity index (χ4v) is 9.05. The molecule has 2 nitrogen and oxygen atoms in total. The summed E-state index contributed by atoms with van der Waals surface area (Å²) < 4.78 is 8.27. The molecule has 2 unspecified atom stereocenters. The lowest BCUT2D eigenvalue weighted by atomic mass is 9.57. The van der Waals surface area contributed by atoms with E-state index in [0.717, 1.165) is 19.4 Å². The van der Waals surface area contributed by atoms with Crippen molar-refractivity contribution in [2.24, 2.45) is 13.0 Å². The molecular weight excluding hydrogens is 631 g/mol. The molecule has 0 amide bonds. The van der Waals surface area contributed by atoms with Gasteiger partial charge in [-0.3, -0.25) is 0 Å². The van der Waals surface area contributed by atoms with Crippen LogP contribution in [0.4, 0.5) is 0 Å². The zero-order valence-corrected chi connectivity index (χ0v) is 31.2. The Morgan fingerprint density at radius 2 is 1.33 bits per heavy atom. The molecule has 0 saturated heterocycles. The van der Waals surface area contributed by atoms with Gasteiger partial charge in [0.05, 0.1) is 5.60 Å². The Hall–Kier alpha value is -4.92. The molecule has 262 valence electrons. The Balaban J connectivity index is 1.16. The highest BCUT2D eigenvalue weighted by molar-refractivity contribution is 6.09. The molecule has 0 spiro atoms. The van der Waals surface area contributed by atoms with Crippen LogP contribution < -0.4 is 0 Å². The van der Waals surface area contributed by atoms with Crippen LogP contribution in [0, 0.1) is 5.92 Å². The number of fused-ring (bicyclic) bond motifs is 4. The Bertz CT molecular complexity index is 2240. The smallest absolute Gasteiger partial charge is 0.0598 e. The Kier molecular flexibility index (Phi) is 9.36. The van der Waals surface area contributed by atoms with E-state index in [1.165, 1.54) is 80.0 Å². The van der Waals surface area contributed by atoms with Gasteiger partial charge in [-0.25, -0.2) is 0 Å². The molecule has 2 aliphatic carbocycles. The number of ether oxygens (including phenoxy) is 1. The molecule has 0 aliphatic heterocycles. The molecule has 52 heavy (non-hydrogen) atoms. The average molecular weight is 682 g/mol. The molecule has 0 fully saturated rings. The van der Waals surface area contributed by atoms with E-state index in [1.54, 1.807) is 0 Å². The number of unbranched alkanes of at least 4 members (excludes halogenated alkanes) is 3. The molecule has 5 aromatic carbocycles. The summed E-state index contributed by atoms with van der Waals surface area (Å²) in [5, 5.41) is 2.61. The Morgan fingerprint density at radius 1 is 0.635 bits per heavy atom. The number of aryl methyl sites for hydroxylation is 1. The number of nitrogens with zero attached hydrogens (tertiary/aromatic N) is 1. The number of hydrogen-bond donors (Lipinski definition) is 0. The van der Waals surface area contributed by atoms with Gasteiger partial charge in [0.1, 0.15) is 0 Å². The van der Waals surface area contributed by atoms with Gasteiger partial charge in [-0.2, -0.15) is 0 Å². The van der Waals surface area contributed by atoms with Gasteiger partial charge in [0.15, 0.2) is 0 Å². The van der Waals surface area contributed by atoms with E-state index in [4.69, 9.17) is 4.74 Å². The minimum atomic E-state index is -0.314. The Morgan fingerprint density at radius 3 is 2.08 bits per heavy atom. The van der Waals surface area contributed by atoms with Crippen LogP contribution >= 0.6 is 0 Å². The zero-order chi connectivity index (χ0) is 35.7. The molecule has 8 rings (SSSR count). The summed E-state index contributed by atoms with van der Waals surface area (Å²) in [5.41, 5.74) is 11.7. The standard InChI is InChI=1S/C50H51NO/c1-49(2,3)52-33-16-6-5-9-18-36-27-29-40(34-36)50(38-19-10-7-11-20-38,39-21-12-8-13-22-39)46-31-30-42-41(24-17-25-43(42)46)37-28-32-48-45(35-37)44-23-14-15-26-47(44)51(48)4/h7-8,10-15,17,19-32,34-35,40,46H,5-6,9,16,18,33H2,1-4H3. The number of hydrogen-bond acceptors (Lipinski definition) is 1. The van der Waals surface area contributed by atoms with Crippen molar-refractivity contribution in [3.8, 4) is 11.1 Å². The molecule has 2 heteroatoms. The van der Waals surface area contributed by atoms with Crippen LogP contribution in [0.3, 0.4) is 0 Å². The molecule has 0 saturated carbocycles. The highest BCUT2D eigenvalue weighted by Crippen LogP contribution is 2.56. The second-order valence-electron chi connectivity index (χ2n) is 15.8. The molecule has 2 aliphatic rings. The van der Waals surface area contributed by atoms with Gasteiger partial charge >= 0.3 is 0 Å². The van der Waals surface area contributed by atoms with Crippen LogP contribution in [0.15, 0.2) is 151 Å². The number of aromatic nitrogens is 1. The lowest BCUT2D eigenvalue weighted by Crippen LogP contribution is -2.39. The zero-order valence-electron chi connectivity index (χ0n) is 31.2. The maximum Gasteiger partial charge on any atom is 0.0598 e. The maximum absolute atomic E-state index is 5.96. The third-order valence-electron chi connectivity index (χ3n) is 11.5. The summed E-state index contributed by atoms with van der Waals surface area (Å²) in [7, 11) is 2.17. The van der Waals surface area contributed by atoms with Crippen molar-refractivity contribution >= 4 is 27.9 Å². The van der Waals surface area contributed by atoms with Crippen LogP contribution in [0.1, 0.15) is 81.0 Å². The van der Waals surface area contributed by atoms with Gasteiger partial charge in [-0.15, -0.1) is 0 Å². The first-order chi connectivity index (χ1) is 25.3. The highest BCUT2D eigenvalue weighted by atomic mass is 16.5. The van der Waals surface area contributed by atoms with E-state index in [9.17, 15) is 0 Å². The van der Waals surface area contributed by atoms with Crippen molar-refractivity contribution in [1.29, 1.82) is 0 Å². The first-order valence-electron chi connectivity index (χ1n) is 19.3. The Labute approximate surface area is 310 Å². The van der Waals surface area contributed by atoms with Crippen LogP contribution in [0.2, 0.25) is 0 Å². The SMILES string of the molecule is Cn1c2ccccc2c2cc(-c3cccc4c3C=CC4C(c3ccccc3)(c3ccccc3)C3C=CC(CCCCCCOC(C)(C)C)=C3)ccc21. The molecule has 6 aromatic rings. The highest BCUT2D eigenvalue weighted by Gasteiger charge is 2.48. The second kappa shape index (κ2) is 14.2. The lowest BCUT2D eigenvalue weighted by Gasteiger charge is -2.44. The van der Waals surface area contributed by atoms with Gasteiger partial charge in [-0.1, -0.05) is 152 Å². The van der Waals surface area contributed by atoms with Gasteiger partial charge in [0.2, 0.25) is 0 Å². The minimum Gasteiger partial charge on any atom is -0.376 e. The first kappa shape index (κ1) is 34.2. The third-order valence-corrected chi connectivity index (χ3v) is 11.5. The van der Waals surface area contributed by atoms with Gasteiger partial charge < -0.3 is 9.30 Å². The molecule has 0 bridgehead atoms. The van der Waals surface area contributed by atoms with Gasteiger partial charge in [0.25, 0.3) is 0 Å². The molecule has 0 radical (unpaired) electrons. The number of rotatable bonds is 12. The number of benzene rings is 5. The van der Waals surface area contributed by atoms with Crippen molar-refractivity contribution < 1.29 is 4.74 Å². The van der Waals surface area contributed by atoms with Crippen molar-refractivity contribution in [3.63, 3.8) is 0 Å². The second-order valence-corrected chi connectivity index (χ2v) is 15.8. The summed E-state index contributed by atoms with van der Waals surface area (Å²) in [6, 6.07) is 45.3. The fraction of sp³-hybridized carbons (Fsp3) is 0.280. The summed E-state index contributed by atoms with van der Waals surface area (Å²) in [4.78, 5) is 0. The molecule has 0 N–H and O–H groups in total. The van der Waals surface area contributed by atoms with E-state index in [2.05, 4.69) is 184 Å². The predicted octanol–water partition coefficient (Wildman–Crippen LogP) is 13.0. The summed E-state index contributed by atoms with van der Waals surface area (Å²) in [6.07, 6.45) is 18.3. The topological polar surface area (TPSA) is 14.2 Å². The third kappa shape index (κ3) is 6.28. The molecule has 1 aromatic heterocycles. The summed E-state index contributed by atoms with van der Waals surface area (Å²) >= 11 is 0. The van der Waals surface area contributed by atoms with E-state index < -0.39 is 0 Å². The van der Waals surface area contributed by atoms with Gasteiger partial charge in [0, 0.05) is 52.7 Å². The quantitative estimate of drug-likeness (QED) is 0.117. The summed E-state index contributed by atoms with van der Waals surface area (Å²) in [5.74, 6) is 0.366. The van der Waals surface area contributed by atoms with Gasteiger partial charge in [-0.05, 0) is 91.6 Å². The van der Waals surface area contributed by atoms with E-state index >= 15 is 0 Å². The van der Waals surface area contributed by atoms with Crippen molar-refractivity contribution in [2.75, 3.05) is 6.61 Å². The molecule has 1 heterocycles. The average Bonchev–Trinajstić information content (AvgIpc) is 3.89. The van der Waals surface area contributed by atoms with E-state index in [0.29, 0.717) is 0 Å². The largest absolute Gasteiger partial charge is 0.376 e. The first-order valence-corrected chi connectivity index (χ1v) is 19.3. The monoisotopic (exact) mass is 681 g/mol. The molecular formula is C50H51NO. The predicted molar refractivity (Wildman–Crippen MR) is 221 cm³/mol. The minimum absolute atomic E-state index is 0.0547. The van der Waals surface area contributed by atoms with Crippen molar-refractivity contribution in [3.05, 3.63) is 173 Å². The van der Waals surface area contributed by atoms with E-state index in [1.807, 2.05) is 0 Å². The number of allylic oxidation sites excluding steroid dienone is 5. The van der Waals surface area contributed by atoms with E-state index in [-0.39, 0.29) is 22.9 Å². The normalized spacial score (nSPS) is 17.0. The summed E-state index contributed by atoms with van der Waals surface area (Å²) in [6.45, 7) is 7.26. The fourth-order valence-electron chi connectivity index (χ4n) is 9.05. The lowest BCUT2D eigenvalue weighted by molar-refractivity contribution is -0.00473. The number of para-hydroxylation sites is 1.